The molecule has 0 aliphatic carbocycles. The summed E-state index contributed by atoms with van der Waals surface area (Å²) in [6.45, 7) is 1.90. The third-order valence-corrected chi connectivity index (χ3v) is 2.41. The van der Waals surface area contributed by atoms with Gasteiger partial charge in [0.15, 0.2) is 0 Å². The molecular formula is C10H17N9. The molecule has 0 saturated carbocycles. The Morgan fingerprint density at radius 1 is 1.21 bits per heavy atom. The summed E-state index contributed by atoms with van der Waals surface area (Å²) in [5, 5.41) is 7.33. The van der Waals surface area contributed by atoms with E-state index in [0.29, 0.717) is 17.8 Å². The van der Waals surface area contributed by atoms with E-state index in [9.17, 15) is 0 Å². The van der Waals surface area contributed by atoms with E-state index in [1.54, 1.807) is 9.58 Å². The number of nitrogens with zero attached hydrogens (tertiary/aromatic N) is 6. The average Bonchev–Trinajstić information content (AvgIpc) is 2.67. The quantitative estimate of drug-likeness (QED) is 0.522. The minimum Gasteiger partial charge on any atom is -0.347 e. The number of aromatic nitrogens is 5. The summed E-state index contributed by atoms with van der Waals surface area (Å²) in [7, 11) is 5.53. The van der Waals surface area contributed by atoms with Crippen LogP contribution in [0.5, 0.6) is 0 Å². The molecule has 0 aliphatic rings. The minimum absolute atomic E-state index is 0.294. The zero-order chi connectivity index (χ0) is 14.0. The van der Waals surface area contributed by atoms with Gasteiger partial charge in [0.2, 0.25) is 17.8 Å². The Labute approximate surface area is 110 Å². The van der Waals surface area contributed by atoms with Crippen molar-refractivity contribution in [3.05, 3.63) is 11.9 Å². The molecule has 0 saturated heterocycles. The number of hydrazine groups is 1. The maximum atomic E-state index is 5.35. The molecule has 9 heteroatoms. The number of aryl methyl sites for hydroxylation is 2. The molecule has 0 unspecified atom stereocenters. The topological polar surface area (TPSA) is 110 Å². The highest BCUT2D eigenvalue weighted by Gasteiger charge is 2.10. The van der Waals surface area contributed by atoms with Crippen LogP contribution in [0.4, 0.5) is 23.5 Å². The fourth-order valence-electron chi connectivity index (χ4n) is 1.53. The maximum Gasteiger partial charge on any atom is 0.243 e. The molecule has 19 heavy (non-hydrogen) atoms. The third kappa shape index (κ3) is 2.88. The van der Waals surface area contributed by atoms with Crippen LogP contribution in [0.3, 0.4) is 0 Å². The molecule has 0 amide bonds. The van der Waals surface area contributed by atoms with Crippen LogP contribution < -0.4 is 21.5 Å². The van der Waals surface area contributed by atoms with Crippen molar-refractivity contribution < 1.29 is 0 Å². The number of nitrogen functional groups attached to an aromatic ring is 1. The van der Waals surface area contributed by atoms with Gasteiger partial charge in [-0.1, -0.05) is 0 Å². The van der Waals surface area contributed by atoms with Gasteiger partial charge in [0.1, 0.15) is 0 Å². The molecule has 0 fully saturated rings. The van der Waals surface area contributed by atoms with Crippen molar-refractivity contribution in [1.29, 1.82) is 0 Å². The summed E-state index contributed by atoms with van der Waals surface area (Å²) in [5.41, 5.74) is 4.11. The summed E-state index contributed by atoms with van der Waals surface area (Å²) in [5.74, 6) is 6.56. The van der Waals surface area contributed by atoms with E-state index >= 15 is 0 Å². The minimum atomic E-state index is 0.294. The molecule has 0 bridgehead atoms. The van der Waals surface area contributed by atoms with Crippen molar-refractivity contribution in [2.24, 2.45) is 12.9 Å². The second-order valence-corrected chi connectivity index (χ2v) is 4.25. The normalized spacial score (nSPS) is 10.4. The molecule has 9 nitrogen and oxygen atoms in total. The van der Waals surface area contributed by atoms with E-state index in [1.165, 1.54) is 0 Å². The largest absolute Gasteiger partial charge is 0.347 e. The molecular weight excluding hydrogens is 246 g/mol. The van der Waals surface area contributed by atoms with Crippen molar-refractivity contribution in [1.82, 2.24) is 24.7 Å². The van der Waals surface area contributed by atoms with Crippen LogP contribution >= 0.6 is 0 Å². The van der Waals surface area contributed by atoms with E-state index in [0.717, 1.165) is 11.4 Å². The van der Waals surface area contributed by atoms with Crippen LogP contribution in [0.1, 0.15) is 5.69 Å². The first-order chi connectivity index (χ1) is 8.99. The number of nitrogens with two attached hydrogens (primary N) is 1. The van der Waals surface area contributed by atoms with E-state index in [4.69, 9.17) is 5.84 Å². The predicted octanol–water partition coefficient (Wildman–Crippen LogP) is 0.00872. The SMILES string of the molecule is Cc1nn(C)cc1Nc1nc(NN)nc(N(C)C)n1. The number of hydrogen-bond donors (Lipinski definition) is 3. The highest BCUT2D eigenvalue weighted by molar-refractivity contribution is 5.57. The van der Waals surface area contributed by atoms with Gasteiger partial charge < -0.3 is 10.2 Å². The zero-order valence-electron chi connectivity index (χ0n) is 11.3. The molecule has 0 atom stereocenters. The smallest absolute Gasteiger partial charge is 0.243 e. The van der Waals surface area contributed by atoms with Crippen molar-refractivity contribution in [2.75, 3.05) is 29.7 Å². The fraction of sp³-hybridized carbons (Fsp3) is 0.400. The summed E-state index contributed by atoms with van der Waals surface area (Å²) in [6.07, 6.45) is 1.85. The van der Waals surface area contributed by atoms with Crippen molar-refractivity contribution in [3.8, 4) is 0 Å². The summed E-state index contributed by atoms with van der Waals surface area (Å²) in [6, 6.07) is 0. The van der Waals surface area contributed by atoms with E-state index in [1.807, 2.05) is 34.3 Å². The Morgan fingerprint density at radius 3 is 2.42 bits per heavy atom. The van der Waals surface area contributed by atoms with Crippen molar-refractivity contribution >= 4 is 23.5 Å². The van der Waals surface area contributed by atoms with Crippen molar-refractivity contribution in [2.45, 2.75) is 6.92 Å². The zero-order valence-corrected chi connectivity index (χ0v) is 11.3. The lowest BCUT2D eigenvalue weighted by molar-refractivity contribution is 0.756. The highest BCUT2D eigenvalue weighted by atomic mass is 15.4. The molecule has 4 N–H and O–H groups in total. The van der Waals surface area contributed by atoms with Gasteiger partial charge in [-0.05, 0) is 6.92 Å². The third-order valence-electron chi connectivity index (χ3n) is 2.41. The molecule has 102 valence electrons. The van der Waals surface area contributed by atoms with Gasteiger partial charge in [-0.15, -0.1) is 0 Å². The Hall–Kier alpha value is -2.42. The molecule has 2 rings (SSSR count). The van der Waals surface area contributed by atoms with Crippen LogP contribution in [0.2, 0.25) is 0 Å². The Morgan fingerprint density at radius 2 is 1.89 bits per heavy atom. The van der Waals surface area contributed by atoms with Gasteiger partial charge in [-0.3, -0.25) is 10.1 Å². The number of nitrogens with one attached hydrogen (secondary N) is 2. The van der Waals surface area contributed by atoms with E-state index in [-0.39, 0.29) is 0 Å². The predicted molar refractivity (Wildman–Crippen MR) is 73.2 cm³/mol. The second kappa shape index (κ2) is 5.06. The lowest BCUT2D eigenvalue weighted by Gasteiger charge is -2.12. The first kappa shape index (κ1) is 13.0. The first-order valence-electron chi connectivity index (χ1n) is 5.67. The standard InChI is InChI=1S/C10H17N9/c1-6-7(5-19(4)17-6)12-8-13-9(16-11)15-10(14-8)18(2)3/h5H,11H2,1-4H3,(H2,12,13,14,15,16). The van der Waals surface area contributed by atoms with Crippen LogP contribution in [0.25, 0.3) is 0 Å². The molecule has 2 aromatic heterocycles. The Kier molecular flexibility index (Phi) is 3.47. The van der Waals surface area contributed by atoms with Crippen LogP contribution in [-0.4, -0.2) is 38.8 Å². The molecule has 2 heterocycles. The van der Waals surface area contributed by atoms with Gasteiger partial charge >= 0.3 is 0 Å². The Balaban J connectivity index is 2.34. The van der Waals surface area contributed by atoms with Crippen LogP contribution in [0, 0.1) is 6.92 Å². The van der Waals surface area contributed by atoms with E-state index < -0.39 is 0 Å². The van der Waals surface area contributed by atoms with Gasteiger partial charge in [-0.25, -0.2) is 5.84 Å². The number of anilines is 4. The van der Waals surface area contributed by atoms with Gasteiger partial charge in [0.05, 0.1) is 11.4 Å². The lowest BCUT2D eigenvalue weighted by atomic mass is 10.4. The first-order valence-corrected chi connectivity index (χ1v) is 5.67. The highest BCUT2D eigenvalue weighted by Crippen LogP contribution is 2.18. The maximum absolute atomic E-state index is 5.35. The number of hydrogen-bond acceptors (Lipinski definition) is 8. The van der Waals surface area contributed by atoms with Gasteiger partial charge in [-0.2, -0.15) is 20.1 Å². The monoisotopic (exact) mass is 263 g/mol. The molecule has 0 spiro atoms. The molecule has 0 aliphatic heterocycles. The van der Waals surface area contributed by atoms with Crippen LogP contribution in [-0.2, 0) is 7.05 Å². The second-order valence-electron chi connectivity index (χ2n) is 4.25. The van der Waals surface area contributed by atoms with Crippen LogP contribution in [0.15, 0.2) is 6.20 Å². The average molecular weight is 263 g/mol. The molecule has 2 aromatic rings. The summed E-state index contributed by atoms with van der Waals surface area (Å²) >= 11 is 0. The van der Waals surface area contributed by atoms with Gasteiger partial charge in [0, 0.05) is 27.3 Å². The fourth-order valence-corrected chi connectivity index (χ4v) is 1.53. The molecule has 0 radical (unpaired) electrons. The Bertz CT molecular complexity index is 574. The van der Waals surface area contributed by atoms with E-state index in [2.05, 4.69) is 30.8 Å². The van der Waals surface area contributed by atoms with Crippen molar-refractivity contribution in [3.63, 3.8) is 0 Å². The summed E-state index contributed by atoms with van der Waals surface area (Å²) < 4.78 is 1.72. The lowest BCUT2D eigenvalue weighted by Crippen LogP contribution is -2.18. The summed E-state index contributed by atoms with van der Waals surface area (Å²) in [4.78, 5) is 14.3. The van der Waals surface area contributed by atoms with Gasteiger partial charge in [0.25, 0.3) is 0 Å². The molecule has 0 aromatic carbocycles. The number of rotatable bonds is 4.